The van der Waals surface area contributed by atoms with Crippen LogP contribution >= 0.6 is 0 Å². The van der Waals surface area contributed by atoms with E-state index >= 15 is 0 Å². The fourth-order valence-electron chi connectivity index (χ4n) is 1.38. The highest BCUT2D eigenvalue weighted by molar-refractivity contribution is 5.68. The van der Waals surface area contributed by atoms with Crippen LogP contribution in [0.1, 0.15) is 34.1 Å². The summed E-state index contributed by atoms with van der Waals surface area (Å²) in [4.78, 5) is 11.5. The number of amides is 1. The number of rotatable bonds is 5. The zero-order valence-electron chi connectivity index (χ0n) is 10.9. The average molecular weight is 232 g/mol. The van der Waals surface area contributed by atoms with E-state index in [1.807, 2.05) is 27.7 Å². The van der Waals surface area contributed by atoms with Crippen LogP contribution in [0.15, 0.2) is 0 Å². The summed E-state index contributed by atoms with van der Waals surface area (Å²) in [6.07, 6.45) is 0.240. The van der Waals surface area contributed by atoms with Crippen molar-refractivity contribution in [1.29, 1.82) is 0 Å². The lowest BCUT2D eigenvalue weighted by atomic mass is 10.1. The first-order chi connectivity index (χ1) is 7.34. The first-order valence-electron chi connectivity index (χ1n) is 5.56. The quantitative estimate of drug-likeness (QED) is 0.748. The van der Waals surface area contributed by atoms with Gasteiger partial charge in [-0.15, -0.1) is 0 Å². The summed E-state index contributed by atoms with van der Waals surface area (Å²) >= 11 is 0. The van der Waals surface area contributed by atoms with Crippen molar-refractivity contribution < 1.29 is 14.3 Å². The van der Waals surface area contributed by atoms with E-state index in [0.717, 1.165) is 6.42 Å². The minimum atomic E-state index is -0.502. The number of carbonyl (C=O) groups excluding carboxylic acids is 1. The molecule has 1 amide bonds. The van der Waals surface area contributed by atoms with Crippen LogP contribution < -0.4 is 11.1 Å². The van der Waals surface area contributed by atoms with Gasteiger partial charge in [0.2, 0.25) is 0 Å². The highest BCUT2D eigenvalue weighted by Gasteiger charge is 2.23. The lowest BCUT2D eigenvalue weighted by molar-refractivity contribution is 0.0337. The Bertz CT molecular complexity index is 210. The number of hydrogen-bond acceptors (Lipinski definition) is 4. The first kappa shape index (κ1) is 15.2. The lowest BCUT2D eigenvalue weighted by Gasteiger charge is -2.27. The summed E-state index contributed by atoms with van der Waals surface area (Å²) in [5.74, 6) is 0. The van der Waals surface area contributed by atoms with Gasteiger partial charge in [0, 0.05) is 13.7 Å². The smallest absolute Gasteiger partial charge is 0.408 e. The van der Waals surface area contributed by atoms with Gasteiger partial charge in [0.25, 0.3) is 0 Å². The second kappa shape index (κ2) is 6.70. The third kappa shape index (κ3) is 5.92. The Hall–Kier alpha value is -0.810. The molecule has 0 aromatic carbocycles. The van der Waals surface area contributed by atoms with Gasteiger partial charge in [0.1, 0.15) is 5.60 Å². The number of nitrogens with two attached hydrogens (primary N) is 1. The maximum absolute atomic E-state index is 11.5. The van der Waals surface area contributed by atoms with Gasteiger partial charge < -0.3 is 20.5 Å². The fraction of sp³-hybridized carbons (Fsp3) is 0.909. The summed E-state index contributed by atoms with van der Waals surface area (Å²) in [5.41, 5.74) is 5.08. The molecule has 3 N–H and O–H groups in total. The normalized spacial score (nSPS) is 15.4. The van der Waals surface area contributed by atoms with Gasteiger partial charge in [-0.3, -0.25) is 0 Å². The maximum Gasteiger partial charge on any atom is 0.408 e. The van der Waals surface area contributed by atoms with E-state index in [1.165, 1.54) is 0 Å². The van der Waals surface area contributed by atoms with Gasteiger partial charge in [0.15, 0.2) is 0 Å². The van der Waals surface area contributed by atoms with Gasteiger partial charge in [0.05, 0.1) is 12.1 Å². The number of methoxy groups -OCH3 is 1. The minimum Gasteiger partial charge on any atom is -0.444 e. The molecule has 16 heavy (non-hydrogen) atoms. The fourth-order valence-corrected chi connectivity index (χ4v) is 1.38. The van der Waals surface area contributed by atoms with E-state index in [9.17, 15) is 4.79 Å². The van der Waals surface area contributed by atoms with Crippen LogP contribution in [0.4, 0.5) is 4.79 Å². The monoisotopic (exact) mass is 232 g/mol. The van der Waals surface area contributed by atoms with Gasteiger partial charge in [-0.1, -0.05) is 6.92 Å². The number of nitrogens with one attached hydrogen (secondary N) is 1. The highest BCUT2D eigenvalue weighted by atomic mass is 16.6. The molecule has 0 radical (unpaired) electrons. The van der Waals surface area contributed by atoms with Crippen LogP contribution in [-0.2, 0) is 9.47 Å². The van der Waals surface area contributed by atoms with Crippen molar-refractivity contribution in [1.82, 2.24) is 5.32 Å². The molecule has 5 heteroatoms. The molecular formula is C11H24N2O3. The predicted octanol–water partition coefficient (Wildman–Crippen LogP) is 1.26. The van der Waals surface area contributed by atoms with Crippen molar-refractivity contribution in [2.45, 2.75) is 51.9 Å². The Morgan fingerprint density at radius 3 is 2.31 bits per heavy atom. The van der Waals surface area contributed by atoms with Crippen molar-refractivity contribution in [2.24, 2.45) is 5.73 Å². The molecule has 0 heterocycles. The van der Waals surface area contributed by atoms with Gasteiger partial charge in [-0.25, -0.2) is 4.79 Å². The van der Waals surface area contributed by atoms with Crippen LogP contribution in [0.5, 0.6) is 0 Å². The summed E-state index contributed by atoms with van der Waals surface area (Å²) < 4.78 is 10.4. The largest absolute Gasteiger partial charge is 0.444 e. The number of alkyl carbamates (subject to hydrolysis) is 1. The number of hydrogen-bond donors (Lipinski definition) is 2. The van der Waals surface area contributed by atoms with Crippen molar-refractivity contribution in [2.75, 3.05) is 13.7 Å². The lowest BCUT2D eigenvalue weighted by Crippen LogP contribution is -2.49. The molecule has 0 bridgehead atoms. The van der Waals surface area contributed by atoms with Crippen LogP contribution in [0.25, 0.3) is 0 Å². The molecule has 0 aliphatic heterocycles. The Labute approximate surface area is 97.7 Å². The number of carbonyl (C=O) groups is 1. The van der Waals surface area contributed by atoms with Gasteiger partial charge in [-0.05, 0) is 27.2 Å². The second-order valence-corrected chi connectivity index (χ2v) is 4.67. The van der Waals surface area contributed by atoms with E-state index in [4.69, 9.17) is 15.2 Å². The molecule has 5 nitrogen and oxygen atoms in total. The Balaban J connectivity index is 4.26. The highest BCUT2D eigenvalue weighted by Crippen LogP contribution is 2.08. The number of ether oxygens (including phenoxy) is 2. The predicted molar refractivity (Wildman–Crippen MR) is 63.3 cm³/mol. The van der Waals surface area contributed by atoms with Crippen molar-refractivity contribution in [3.8, 4) is 0 Å². The second-order valence-electron chi connectivity index (χ2n) is 4.67. The average Bonchev–Trinajstić information content (AvgIpc) is 2.15. The van der Waals surface area contributed by atoms with Crippen LogP contribution in [0.2, 0.25) is 0 Å². The molecule has 96 valence electrons. The van der Waals surface area contributed by atoms with Crippen molar-refractivity contribution in [3.05, 3.63) is 0 Å². The van der Waals surface area contributed by atoms with E-state index in [0.29, 0.717) is 6.54 Å². The Kier molecular flexibility index (Phi) is 6.36. The van der Waals surface area contributed by atoms with Gasteiger partial charge in [-0.2, -0.15) is 0 Å². The summed E-state index contributed by atoms with van der Waals surface area (Å²) in [6, 6.07) is -0.218. The van der Waals surface area contributed by atoms with E-state index < -0.39 is 11.7 Å². The minimum absolute atomic E-state index is 0.0856. The topological polar surface area (TPSA) is 73.6 Å². The van der Waals surface area contributed by atoms with Crippen LogP contribution in [-0.4, -0.2) is 37.5 Å². The molecule has 0 saturated carbocycles. The van der Waals surface area contributed by atoms with E-state index in [-0.39, 0.29) is 12.1 Å². The summed E-state index contributed by atoms with van der Waals surface area (Å²) in [7, 11) is 1.60. The molecule has 0 aliphatic carbocycles. The zero-order valence-corrected chi connectivity index (χ0v) is 10.9. The van der Waals surface area contributed by atoms with Gasteiger partial charge >= 0.3 is 6.09 Å². The molecular weight excluding hydrogens is 208 g/mol. The third-order valence-electron chi connectivity index (χ3n) is 2.11. The zero-order chi connectivity index (χ0) is 12.8. The van der Waals surface area contributed by atoms with Crippen molar-refractivity contribution in [3.63, 3.8) is 0 Å². The molecule has 2 unspecified atom stereocenters. The summed E-state index contributed by atoms with van der Waals surface area (Å²) in [5, 5.41) is 2.71. The molecule has 0 fully saturated rings. The molecule has 2 atom stereocenters. The Morgan fingerprint density at radius 2 is 2.00 bits per heavy atom. The molecule has 0 rings (SSSR count). The molecule has 0 aliphatic rings. The first-order valence-corrected chi connectivity index (χ1v) is 5.56. The van der Waals surface area contributed by atoms with E-state index in [2.05, 4.69) is 5.32 Å². The molecule has 0 aromatic heterocycles. The molecule has 0 spiro atoms. The summed E-state index contributed by atoms with van der Waals surface area (Å²) in [6.45, 7) is 7.76. The Morgan fingerprint density at radius 1 is 1.44 bits per heavy atom. The van der Waals surface area contributed by atoms with Crippen LogP contribution in [0, 0.1) is 0 Å². The molecule has 0 aromatic rings. The molecule has 0 saturated heterocycles. The maximum atomic E-state index is 11.5. The standard InChI is InChI=1S/C11H24N2O3/c1-6-9(15-5)8(7-12)13-10(14)16-11(2,3)4/h8-9H,6-7,12H2,1-5H3,(H,13,14). The van der Waals surface area contributed by atoms with Crippen molar-refractivity contribution >= 4 is 6.09 Å². The third-order valence-corrected chi connectivity index (χ3v) is 2.11. The van der Waals surface area contributed by atoms with Crippen LogP contribution in [0.3, 0.4) is 0 Å². The SMILES string of the molecule is CCC(OC)C(CN)NC(=O)OC(C)(C)C. The van der Waals surface area contributed by atoms with E-state index in [1.54, 1.807) is 7.11 Å².